The molecule has 3 nitrogen and oxygen atoms in total. The summed E-state index contributed by atoms with van der Waals surface area (Å²) >= 11 is 0. The van der Waals surface area contributed by atoms with Crippen LogP contribution in [-0.4, -0.2) is 28.7 Å². The van der Waals surface area contributed by atoms with Crippen LogP contribution in [-0.2, 0) is 4.79 Å². The zero-order valence-corrected chi connectivity index (χ0v) is 7.20. The minimum Gasteiger partial charge on any atom is -0.388 e. The van der Waals surface area contributed by atoms with E-state index < -0.39 is 18.5 Å². The first kappa shape index (κ1) is 9.68. The molecular weight excluding hydrogens is 156 g/mol. The highest BCUT2D eigenvalue weighted by molar-refractivity contribution is 5.84. The molecule has 1 aliphatic carbocycles. The summed E-state index contributed by atoms with van der Waals surface area (Å²) in [6.45, 7) is -0.530. The number of aliphatic hydroxyl groups excluding tert-OH is 2. The van der Waals surface area contributed by atoms with Crippen molar-refractivity contribution in [3.05, 3.63) is 0 Å². The van der Waals surface area contributed by atoms with E-state index in [1.807, 2.05) is 0 Å². The van der Waals surface area contributed by atoms with E-state index in [0.717, 1.165) is 25.7 Å². The summed E-state index contributed by atoms with van der Waals surface area (Å²) in [5.41, 5.74) is 0. The average molecular weight is 172 g/mol. The van der Waals surface area contributed by atoms with E-state index in [0.29, 0.717) is 0 Å². The molecule has 0 aromatic heterocycles. The molecule has 3 heteroatoms. The average Bonchev–Trinajstić information content (AvgIpc) is 2.17. The van der Waals surface area contributed by atoms with Crippen LogP contribution in [0.2, 0.25) is 0 Å². The van der Waals surface area contributed by atoms with Gasteiger partial charge in [0, 0.05) is 0 Å². The summed E-state index contributed by atoms with van der Waals surface area (Å²) in [5, 5.41) is 18.0. The lowest BCUT2D eigenvalue weighted by Gasteiger charge is -2.24. The number of hydrogen-bond acceptors (Lipinski definition) is 3. The van der Waals surface area contributed by atoms with Crippen LogP contribution in [0.1, 0.15) is 32.1 Å². The lowest BCUT2D eigenvalue weighted by molar-refractivity contribution is -0.133. The Bertz CT molecular complexity index is 150. The number of aliphatic hydroxyl groups is 2. The highest BCUT2D eigenvalue weighted by atomic mass is 16.3. The maximum atomic E-state index is 10.9. The van der Waals surface area contributed by atoms with Gasteiger partial charge >= 0.3 is 0 Å². The predicted octanol–water partition coefficient (Wildman–Crippen LogP) is 0.489. The fourth-order valence-electron chi connectivity index (χ4n) is 1.81. The maximum absolute atomic E-state index is 10.9. The van der Waals surface area contributed by atoms with Crippen LogP contribution in [0.4, 0.5) is 0 Å². The summed E-state index contributed by atoms with van der Waals surface area (Å²) < 4.78 is 0. The van der Waals surface area contributed by atoms with Gasteiger partial charge in [0.1, 0.15) is 12.7 Å². The normalized spacial score (nSPS) is 22.2. The predicted molar refractivity (Wildman–Crippen MR) is 44.7 cm³/mol. The van der Waals surface area contributed by atoms with Crippen molar-refractivity contribution in [1.82, 2.24) is 0 Å². The van der Waals surface area contributed by atoms with Gasteiger partial charge in [-0.15, -0.1) is 0 Å². The molecule has 0 aromatic rings. The van der Waals surface area contributed by atoms with Crippen LogP contribution in [0, 0.1) is 5.92 Å². The van der Waals surface area contributed by atoms with Gasteiger partial charge in [-0.3, -0.25) is 4.79 Å². The van der Waals surface area contributed by atoms with Gasteiger partial charge in [-0.25, -0.2) is 0 Å². The zero-order chi connectivity index (χ0) is 8.97. The summed E-state index contributed by atoms with van der Waals surface area (Å²) in [7, 11) is 0. The minimum atomic E-state index is -0.921. The third-order valence-corrected chi connectivity index (χ3v) is 2.58. The zero-order valence-electron chi connectivity index (χ0n) is 7.20. The largest absolute Gasteiger partial charge is 0.388 e. The first-order valence-corrected chi connectivity index (χ1v) is 4.57. The van der Waals surface area contributed by atoms with Crippen molar-refractivity contribution in [2.75, 3.05) is 6.61 Å². The fourth-order valence-corrected chi connectivity index (χ4v) is 1.81. The van der Waals surface area contributed by atoms with Gasteiger partial charge in [-0.05, 0) is 18.8 Å². The van der Waals surface area contributed by atoms with Gasteiger partial charge in [-0.1, -0.05) is 19.3 Å². The summed E-state index contributed by atoms with van der Waals surface area (Å²) in [4.78, 5) is 10.9. The molecular formula is C9H16O3. The highest BCUT2D eigenvalue weighted by Crippen LogP contribution is 2.26. The number of Topliss-reactive ketones (excluding diaryl/α,β-unsaturated/α-hetero) is 1. The van der Waals surface area contributed by atoms with Crippen LogP contribution in [0.3, 0.4) is 0 Å². The van der Waals surface area contributed by atoms with Gasteiger partial charge in [0.05, 0.1) is 0 Å². The van der Waals surface area contributed by atoms with E-state index in [2.05, 4.69) is 0 Å². The minimum absolute atomic E-state index is 0.0957. The molecule has 1 rings (SSSR count). The SMILES string of the molecule is O=C(CO)[C@@H](O)C1CCCCC1. The highest BCUT2D eigenvalue weighted by Gasteiger charge is 2.26. The molecule has 0 spiro atoms. The van der Waals surface area contributed by atoms with E-state index >= 15 is 0 Å². The quantitative estimate of drug-likeness (QED) is 0.651. The molecule has 0 unspecified atom stereocenters. The molecule has 0 aromatic carbocycles. The molecule has 1 saturated carbocycles. The van der Waals surface area contributed by atoms with Gasteiger partial charge in [0.2, 0.25) is 0 Å². The van der Waals surface area contributed by atoms with Gasteiger partial charge < -0.3 is 10.2 Å². The Morgan fingerprint density at radius 2 is 1.92 bits per heavy atom. The summed E-state index contributed by atoms with van der Waals surface area (Å²) in [6.07, 6.45) is 4.33. The van der Waals surface area contributed by atoms with Gasteiger partial charge in [-0.2, -0.15) is 0 Å². The Kier molecular flexibility index (Phi) is 3.69. The number of ketones is 1. The standard InChI is InChI=1S/C9H16O3/c10-6-8(11)9(12)7-4-2-1-3-5-7/h7,9-10,12H,1-6H2/t9-/m0/s1. The Morgan fingerprint density at radius 3 is 2.42 bits per heavy atom. The lowest BCUT2D eigenvalue weighted by atomic mass is 9.84. The molecule has 1 aliphatic rings. The monoisotopic (exact) mass is 172 g/mol. The molecule has 2 N–H and O–H groups in total. The van der Waals surface area contributed by atoms with Crippen LogP contribution in [0.25, 0.3) is 0 Å². The lowest BCUT2D eigenvalue weighted by Crippen LogP contribution is -2.32. The maximum Gasteiger partial charge on any atom is 0.186 e. The first-order chi connectivity index (χ1) is 5.75. The first-order valence-electron chi connectivity index (χ1n) is 4.57. The van der Waals surface area contributed by atoms with E-state index in [-0.39, 0.29) is 5.92 Å². The van der Waals surface area contributed by atoms with Crippen molar-refractivity contribution in [2.24, 2.45) is 5.92 Å². The molecule has 0 amide bonds. The van der Waals surface area contributed by atoms with Crippen LogP contribution < -0.4 is 0 Å². The Labute approximate surface area is 72.4 Å². The van der Waals surface area contributed by atoms with Crippen LogP contribution >= 0.6 is 0 Å². The van der Waals surface area contributed by atoms with E-state index in [1.54, 1.807) is 0 Å². The third-order valence-electron chi connectivity index (χ3n) is 2.58. The van der Waals surface area contributed by atoms with Gasteiger partial charge in [0.15, 0.2) is 5.78 Å². The van der Waals surface area contributed by atoms with Crippen molar-refractivity contribution in [3.8, 4) is 0 Å². The second-order valence-electron chi connectivity index (χ2n) is 3.47. The van der Waals surface area contributed by atoms with E-state index in [4.69, 9.17) is 5.11 Å². The third kappa shape index (κ3) is 2.29. The van der Waals surface area contributed by atoms with E-state index in [9.17, 15) is 9.90 Å². The Balaban J connectivity index is 2.39. The summed E-state index contributed by atoms with van der Waals surface area (Å²) in [5.74, 6) is -0.333. The number of hydrogen-bond donors (Lipinski definition) is 2. The molecule has 0 bridgehead atoms. The van der Waals surface area contributed by atoms with Crippen molar-refractivity contribution in [3.63, 3.8) is 0 Å². The molecule has 0 heterocycles. The second kappa shape index (κ2) is 4.58. The number of carbonyl (C=O) groups is 1. The van der Waals surface area contributed by atoms with Crippen molar-refractivity contribution >= 4 is 5.78 Å². The Hall–Kier alpha value is -0.410. The smallest absolute Gasteiger partial charge is 0.186 e. The number of carbonyl (C=O) groups excluding carboxylic acids is 1. The second-order valence-corrected chi connectivity index (χ2v) is 3.47. The van der Waals surface area contributed by atoms with Crippen molar-refractivity contribution < 1.29 is 15.0 Å². The van der Waals surface area contributed by atoms with Gasteiger partial charge in [0.25, 0.3) is 0 Å². The molecule has 0 saturated heterocycles. The molecule has 0 aliphatic heterocycles. The van der Waals surface area contributed by atoms with Crippen LogP contribution in [0.15, 0.2) is 0 Å². The molecule has 12 heavy (non-hydrogen) atoms. The summed E-state index contributed by atoms with van der Waals surface area (Å²) in [6, 6.07) is 0. The fraction of sp³-hybridized carbons (Fsp3) is 0.889. The molecule has 70 valence electrons. The Morgan fingerprint density at radius 1 is 1.33 bits per heavy atom. The molecule has 0 radical (unpaired) electrons. The van der Waals surface area contributed by atoms with Crippen LogP contribution in [0.5, 0.6) is 0 Å². The van der Waals surface area contributed by atoms with Crippen molar-refractivity contribution in [1.29, 1.82) is 0 Å². The van der Waals surface area contributed by atoms with Crippen molar-refractivity contribution in [2.45, 2.75) is 38.2 Å². The molecule has 1 fully saturated rings. The van der Waals surface area contributed by atoms with E-state index in [1.165, 1.54) is 6.42 Å². The number of rotatable bonds is 3. The molecule has 1 atom stereocenters. The topological polar surface area (TPSA) is 57.5 Å².